The molecule has 1 aliphatic rings. The van der Waals surface area contributed by atoms with Crippen LogP contribution in [0.15, 0.2) is 12.4 Å². The molecule has 0 amide bonds. The third-order valence-electron chi connectivity index (χ3n) is 2.91. The highest BCUT2D eigenvalue weighted by atomic mass is 16.5. The van der Waals surface area contributed by atoms with Gasteiger partial charge in [0.25, 0.3) is 0 Å². The molecule has 0 fully saturated rings. The summed E-state index contributed by atoms with van der Waals surface area (Å²) < 4.78 is 7.21. The number of nitrogens with zero attached hydrogens (tertiary/aromatic N) is 3. The number of aromatic nitrogens is 2. The van der Waals surface area contributed by atoms with Crippen molar-refractivity contribution in [1.82, 2.24) is 19.8 Å². The minimum Gasteiger partial charge on any atom is -0.383 e. The molecule has 0 bridgehead atoms. The van der Waals surface area contributed by atoms with Crippen LogP contribution in [0.2, 0.25) is 0 Å². The first-order valence-electron chi connectivity index (χ1n) is 5.82. The fourth-order valence-electron chi connectivity index (χ4n) is 1.95. The van der Waals surface area contributed by atoms with Crippen molar-refractivity contribution in [2.45, 2.75) is 13.1 Å². The Hall–Kier alpha value is -0.910. The molecule has 90 valence electrons. The first-order valence-corrected chi connectivity index (χ1v) is 5.82. The van der Waals surface area contributed by atoms with Crippen LogP contribution in [0.3, 0.4) is 0 Å². The van der Waals surface area contributed by atoms with Gasteiger partial charge in [0.15, 0.2) is 0 Å². The van der Waals surface area contributed by atoms with Crippen LogP contribution < -0.4 is 5.32 Å². The van der Waals surface area contributed by atoms with Crippen LogP contribution in [0.5, 0.6) is 0 Å². The van der Waals surface area contributed by atoms with Crippen molar-refractivity contribution in [3.63, 3.8) is 0 Å². The maximum atomic E-state index is 4.98. The third kappa shape index (κ3) is 3.04. The van der Waals surface area contributed by atoms with Crippen LogP contribution in [0, 0.1) is 0 Å². The summed E-state index contributed by atoms with van der Waals surface area (Å²) in [4.78, 5) is 6.78. The second kappa shape index (κ2) is 5.98. The second-order valence-electron chi connectivity index (χ2n) is 4.06. The standard InChI is InChI=1S/C11H20N4O/c1-16-9-4-12-2-5-14-7-8-15-6-3-13-11(15)10-14/h3,6,12H,2,4-5,7-10H2,1H3. The van der Waals surface area contributed by atoms with Crippen molar-refractivity contribution in [3.05, 3.63) is 18.2 Å². The fraction of sp³-hybridized carbons (Fsp3) is 0.727. The average Bonchev–Trinajstić information content (AvgIpc) is 2.76. The van der Waals surface area contributed by atoms with Crippen LogP contribution >= 0.6 is 0 Å². The Morgan fingerprint density at radius 1 is 1.44 bits per heavy atom. The van der Waals surface area contributed by atoms with E-state index < -0.39 is 0 Å². The quantitative estimate of drug-likeness (QED) is 0.687. The topological polar surface area (TPSA) is 42.3 Å². The van der Waals surface area contributed by atoms with Crippen molar-refractivity contribution >= 4 is 0 Å². The summed E-state index contributed by atoms with van der Waals surface area (Å²) in [5.74, 6) is 1.18. The molecule has 0 spiro atoms. The van der Waals surface area contributed by atoms with Crippen molar-refractivity contribution in [2.24, 2.45) is 0 Å². The number of hydrogen-bond acceptors (Lipinski definition) is 4. The molecule has 0 aromatic carbocycles. The Balaban J connectivity index is 1.65. The smallest absolute Gasteiger partial charge is 0.122 e. The van der Waals surface area contributed by atoms with Gasteiger partial charge < -0.3 is 14.6 Å². The van der Waals surface area contributed by atoms with E-state index in [1.54, 1.807) is 7.11 Å². The number of imidazole rings is 1. The van der Waals surface area contributed by atoms with Gasteiger partial charge in [0.2, 0.25) is 0 Å². The molecular formula is C11H20N4O. The molecule has 0 unspecified atom stereocenters. The van der Waals surface area contributed by atoms with E-state index in [4.69, 9.17) is 4.74 Å². The zero-order chi connectivity index (χ0) is 11.2. The van der Waals surface area contributed by atoms with E-state index in [0.29, 0.717) is 0 Å². The van der Waals surface area contributed by atoms with E-state index >= 15 is 0 Å². The summed E-state index contributed by atoms with van der Waals surface area (Å²) in [5, 5.41) is 3.36. The average molecular weight is 224 g/mol. The minimum atomic E-state index is 0.782. The van der Waals surface area contributed by atoms with Crippen LogP contribution in [0.1, 0.15) is 5.82 Å². The zero-order valence-corrected chi connectivity index (χ0v) is 9.85. The molecule has 0 radical (unpaired) electrons. The molecular weight excluding hydrogens is 204 g/mol. The highest BCUT2D eigenvalue weighted by Crippen LogP contribution is 2.08. The molecule has 5 heteroatoms. The lowest BCUT2D eigenvalue weighted by Gasteiger charge is -2.27. The molecule has 1 N–H and O–H groups in total. The molecule has 0 saturated carbocycles. The number of rotatable bonds is 6. The molecule has 2 heterocycles. The zero-order valence-electron chi connectivity index (χ0n) is 9.85. The second-order valence-corrected chi connectivity index (χ2v) is 4.06. The van der Waals surface area contributed by atoms with Crippen LogP contribution in [-0.4, -0.2) is 54.3 Å². The van der Waals surface area contributed by atoms with Gasteiger partial charge >= 0.3 is 0 Å². The Labute approximate surface area is 96.4 Å². The first kappa shape index (κ1) is 11.6. The van der Waals surface area contributed by atoms with Crippen molar-refractivity contribution in [3.8, 4) is 0 Å². The first-order chi connectivity index (χ1) is 7.90. The number of ether oxygens (including phenoxy) is 1. The predicted molar refractivity (Wildman–Crippen MR) is 62.2 cm³/mol. The lowest BCUT2D eigenvalue weighted by Crippen LogP contribution is -2.38. The highest BCUT2D eigenvalue weighted by molar-refractivity contribution is 4.95. The Morgan fingerprint density at radius 2 is 2.38 bits per heavy atom. The molecule has 2 rings (SSSR count). The molecule has 16 heavy (non-hydrogen) atoms. The Bertz CT molecular complexity index is 313. The van der Waals surface area contributed by atoms with Crippen LogP contribution in [0.4, 0.5) is 0 Å². The monoisotopic (exact) mass is 224 g/mol. The summed E-state index contributed by atoms with van der Waals surface area (Å²) in [6.45, 7) is 6.96. The molecule has 0 atom stereocenters. The van der Waals surface area contributed by atoms with Gasteiger partial charge in [-0.2, -0.15) is 0 Å². The highest BCUT2D eigenvalue weighted by Gasteiger charge is 2.15. The number of fused-ring (bicyclic) bond motifs is 1. The van der Waals surface area contributed by atoms with Gasteiger partial charge in [-0.25, -0.2) is 4.98 Å². The van der Waals surface area contributed by atoms with Crippen molar-refractivity contribution < 1.29 is 4.74 Å². The normalized spacial score (nSPS) is 16.3. The van der Waals surface area contributed by atoms with Crippen LogP contribution in [0.25, 0.3) is 0 Å². The summed E-state index contributed by atoms with van der Waals surface area (Å²) in [7, 11) is 1.73. The van der Waals surface area contributed by atoms with Gasteiger partial charge in [-0.05, 0) is 0 Å². The minimum absolute atomic E-state index is 0.782. The molecule has 1 aliphatic heterocycles. The molecule has 0 saturated heterocycles. The fourth-order valence-corrected chi connectivity index (χ4v) is 1.95. The molecule has 1 aromatic rings. The third-order valence-corrected chi connectivity index (χ3v) is 2.91. The molecule has 5 nitrogen and oxygen atoms in total. The number of methoxy groups -OCH3 is 1. The summed E-state index contributed by atoms with van der Waals surface area (Å²) in [6.07, 6.45) is 3.94. The predicted octanol–water partition coefficient (Wildman–Crippen LogP) is -0.0653. The summed E-state index contributed by atoms with van der Waals surface area (Å²) in [6, 6.07) is 0. The lowest BCUT2D eigenvalue weighted by atomic mass is 10.3. The van der Waals surface area contributed by atoms with E-state index in [2.05, 4.69) is 26.0 Å². The van der Waals surface area contributed by atoms with Crippen molar-refractivity contribution in [1.29, 1.82) is 0 Å². The summed E-state index contributed by atoms with van der Waals surface area (Å²) in [5.41, 5.74) is 0. The lowest BCUT2D eigenvalue weighted by molar-refractivity contribution is 0.190. The molecule has 1 aromatic heterocycles. The Kier molecular flexibility index (Phi) is 4.33. The van der Waals surface area contributed by atoms with Gasteiger partial charge in [0.1, 0.15) is 5.82 Å². The Morgan fingerprint density at radius 3 is 3.25 bits per heavy atom. The summed E-state index contributed by atoms with van der Waals surface area (Å²) >= 11 is 0. The molecule has 0 aliphatic carbocycles. The van der Waals surface area contributed by atoms with Gasteiger partial charge in [0.05, 0.1) is 13.2 Å². The maximum absolute atomic E-state index is 4.98. The van der Waals surface area contributed by atoms with Gasteiger partial charge in [0, 0.05) is 52.2 Å². The number of hydrogen-bond donors (Lipinski definition) is 1. The van der Waals surface area contributed by atoms with Crippen LogP contribution in [-0.2, 0) is 17.8 Å². The van der Waals surface area contributed by atoms with E-state index in [1.807, 2.05) is 6.20 Å². The van der Waals surface area contributed by atoms with Gasteiger partial charge in [-0.1, -0.05) is 0 Å². The van der Waals surface area contributed by atoms with E-state index in [9.17, 15) is 0 Å². The van der Waals surface area contributed by atoms with E-state index in [-0.39, 0.29) is 0 Å². The van der Waals surface area contributed by atoms with E-state index in [1.165, 1.54) is 5.82 Å². The van der Waals surface area contributed by atoms with E-state index in [0.717, 1.165) is 45.9 Å². The van der Waals surface area contributed by atoms with Crippen molar-refractivity contribution in [2.75, 3.05) is 39.9 Å². The van der Waals surface area contributed by atoms with Gasteiger partial charge in [-0.15, -0.1) is 0 Å². The number of nitrogens with one attached hydrogen (secondary N) is 1. The maximum Gasteiger partial charge on any atom is 0.122 e. The largest absolute Gasteiger partial charge is 0.383 e. The van der Waals surface area contributed by atoms with Gasteiger partial charge in [-0.3, -0.25) is 4.90 Å². The SMILES string of the molecule is COCCNCCN1CCn2ccnc2C1.